The van der Waals surface area contributed by atoms with Crippen molar-refractivity contribution >= 4 is 22.8 Å². The van der Waals surface area contributed by atoms with E-state index in [0.717, 1.165) is 27.8 Å². The Kier molecular flexibility index (Phi) is 2.82. The van der Waals surface area contributed by atoms with Gasteiger partial charge in [0.1, 0.15) is 0 Å². The Morgan fingerprint density at radius 1 is 1.19 bits per heavy atom. The van der Waals surface area contributed by atoms with E-state index >= 15 is 0 Å². The molecule has 0 atom stereocenters. The third kappa shape index (κ3) is 1.87. The number of allylic oxidation sites excluding steroid dienone is 1. The number of benzene rings is 1. The standard InChI is InChI=1S/C14H14N2/c1-4-9-15-13-10(2)5-7-12-8-6-11(3)16-14(12)13/h4-9H,1H2,2-3H3. The zero-order valence-corrected chi connectivity index (χ0v) is 9.57. The van der Waals surface area contributed by atoms with Crippen molar-refractivity contribution in [3.05, 3.63) is 48.2 Å². The van der Waals surface area contributed by atoms with Gasteiger partial charge < -0.3 is 0 Å². The van der Waals surface area contributed by atoms with E-state index in [1.54, 1.807) is 12.3 Å². The van der Waals surface area contributed by atoms with Gasteiger partial charge in [0, 0.05) is 17.3 Å². The van der Waals surface area contributed by atoms with Gasteiger partial charge in [-0.3, -0.25) is 9.98 Å². The van der Waals surface area contributed by atoms with Gasteiger partial charge in [-0.2, -0.15) is 0 Å². The van der Waals surface area contributed by atoms with Crippen molar-refractivity contribution in [2.24, 2.45) is 4.99 Å². The summed E-state index contributed by atoms with van der Waals surface area (Å²) < 4.78 is 0. The number of aliphatic imine (C=N–C) groups is 1. The third-order valence-electron chi connectivity index (χ3n) is 2.49. The molecule has 1 aromatic heterocycles. The van der Waals surface area contributed by atoms with E-state index in [0.29, 0.717) is 0 Å². The van der Waals surface area contributed by atoms with E-state index in [9.17, 15) is 0 Å². The number of rotatable bonds is 2. The zero-order valence-electron chi connectivity index (χ0n) is 9.57. The summed E-state index contributed by atoms with van der Waals surface area (Å²) in [6.45, 7) is 7.66. The number of hydrogen-bond donors (Lipinski definition) is 0. The molecule has 0 aliphatic carbocycles. The third-order valence-corrected chi connectivity index (χ3v) is 2.49. The molecule has 0 bridgehead atoms. The van der Waals surface area contributed by atoms with Gasteiger partial charge in [-0.1, -0.05) is 30.9 Å². The molecular weight excluding hydrogens is 196 g/mol. The highest BCUT2D eigenvalue weighted by atomic mass is 14.8. The van der Waals surface area contributed by atoms with Crippen LogP contribution in [-0.4, -0.2) is 11.2 Å². The van der Waals surface area contributed by atoms with Crippen molar-refractivity contribution in [3.8, 4) is 0 Å². The quantitative estimate of drug-likeness (QED) is 0.693. The highest BCUT2D eigenvalue weighted by Crippen LogP contribution is 2.28. The highest BCUT2D eigenvalue weighted by molar-refractivity contribution is 5.92. The average Bonchev–Trinajstić information content (AvgIpc) is 2.28. The smallest absolute Gasteiger partial charge is 0.0964 e. The predicted octanol–water partition coefficient (Wildman–Crippen LogP) is 3.74. The average molecular weight is 210 g/mol. The fourth-order valence-electron chi connectivity index (χ4n) is 1.66. The first kappa shape index (κ1) is 10.6. The topological polar surface area (TPSA) is 25.2 Å². The summed E-state index contributed by atoms with van der Waals surface area (Å²) in [5, 5.41) is 1.12. The van der Waals surface area contributed by atoms with Crippen LogP contribution in [0.4, 0.5) is 5.69 Å². The normalized spacial score (nSPS) is 11.1. The molecule has 0 N–H and O–H groups in total. The molecule has 0 spiro atoms. The second-order valence-corrected chi connectivity index (χ2v) is 3.77. The molecule has 2 rings (SSSR count). The molecule has 80 valence electrons. The van der Waals surface area contributed by atoms with Gasteiger partial charge >= 0.3 is 0 Å². The molecule has 2 heteroatoms. The van der Waals surface area contributed by atoms with Crippen LogP contribution in [0.2, 0.25) is 0 Å². The number of aryl methyl sites for hydroxylation is 2. The van der Waals surface area contributed by atoms with Crippen LogP contribution in [0.5, 0.6) is 0 Å². The van der Waals surface area contributed by atoms with Gasteiger partial charge in [-0.25, -0.2) is 0 Å². The summed E-state index contributed by atoms with van der Waals surface area (Å²) in [5.74, 6) is 0. The molecule has 16 heavy (non-hydrogen) atoms. The van der Waals surface area contributed by atoms with E-state index in [1.165, 1.54) is 0 Å². The van der Waals surface area contributed by atoms with Crippen LogP contribution in [0.15, 0.2) is 41.9 Å². The molecule has 2 nitrogen and oxygen atoms in total. The van der Waals surface area contributed by atoms with Crippen LogP contribution in [-0.2, 0) is 0 Å². The SMILES string of the molecule is C=CC=Nc1c(C)ccc2ccc(C)nc12. The summed E-state index contributed by atoms with van der Waals surface area (Å²) in [7, 11) is 0. The van der Waals surface area contributed by atoms with Gasteiger partial charge in [0.2, 0.25) is 0 Å². The largest absolute Gasteiger partial charge is 0.254 e. The van der Waals surface area contributed by atoms with Gasteiger partial charge in [0.05, 0.1) is 11.2 Å². The molecule has 0 saturated heterocycles. The Hall–Kier alpha value is -1.96. The molecule has 0 unspecified atom stereocenters. The van der Waals surface area contributed by atoms with Gasteiger partial charge in [0.25, 0.3) is 0 Å². The van der Waals surface area contributed by atoms with Crippen LogP contribution >= 0.6 is 0 Å². The maximum atomic E-state index is 4.54. The fraction of sp³-hybridized carbons (Fsp3) is 0.143. The minimum absolute atomic E-state index is 0.932. The molecule has 0 amide bonds. The zero-order chi connectivity index (χ0) is 11.5. The summed E-state index contributed by atoms with van der Waals surface area (Å²) >= 11 is 0. The van der Waals surface area contributed by atoms with Crippen molar-refractivity contribution in [2.45, 2.75) is 13.8 Å². The molecule has 0 fully saturated rings. The number of aromatic nitrogens is 1. The maximum absolute atomic E-state index is 4.54. The van der Waals surface area contributed by atoms with E-state index in [4.69, 9.17) is 0 Å². The Bertz CT molecular complexity index is 563. The second-order valence-electron chi connectivity index (χ2n) is 3.77. The van der Waals surface area contributed by atoms with Gasteiger partial charge in [0.15, 0.2) is 0 Å². The molecule has 1 heterocycles. The fourth-order valence-corrected chi connectivity index (χ4v) is 1.66. The first-order valence-electron chi connectivity index (χ1n) is 5.24. The van der Waals surface area contributed by atoms with Crippen molar-refractivity contribution in [1.82, 2.24) is 4.98 Å². The van der Waals surface area contributed by atoms with Crippen LogP contribution in [0, 0.1) is 13.8 Å². The lowest BCUT2D eigenvalue weighted by Gasteiger charge is -2.05. The number of nitrogens with zero attached hydrogens (tertiary/aromatic N) is 2. The lowest BCUT2D eigenvalue weighted by Crippen LogP contribution is -1.86. The summed E-state index contributed by atoms with van der Waals surface area (Å²) in [4.78, 5) is 8.93. The number of pyridine rings is 1. The highest BCUT2D eigenvalue weighted by Gasteiger charge is 2.04. The number of hydrogen-bond acceptors (Lipinski definition) is 2. The molecule has 0 aliphatic rings. The second kappa shape index (κ2) is 4.27. The van der Waals surface area contributed by atoms with Crippen molar-refractivity contribution in [3.63, 3.8) is 0 Å². The Labute approximate surface area is 95.4 Å². The minimum Gasteiger partial charge on any atom is -0.254 e. The van der Waals surface area contributed by atoms with E-state index < -0.39 is 0 Å². The van der Waals surface area contributed by atoms with Gasteiger partial charge in [-0.15, -0.1) is 0 Å². The lowest BCUT2D eigenvalue weighted by molar-refractivity contribution is 1.24. The van der Waals surface area contributed by atoms with Crippen LogP contribution in [0.3, 0.4) is 0 Å². The van der Waals surface area contributed by atoms with E-state index in [-0.39, 0.29) is 0 Å². The lowest BCUT2D eigenvalue weighted by atomic mass is 10.1. The molecular formula is C14H14N2. The monoisotopic (exact) mass is 210 g/mol. The number of fused-ring (bicyclic) bond motifs is 1. The Morgan fingerprint density at radius 2 is 1.94 bits per heavy atom. The maximum Gasteiger partial charge on any atom is 0.0964 e. The van der Waals surface area contributed by atoms with Crippen molar-refractivity contribution < 1.29 is 0 Å². The predicted molar refractivity (Wildman–Crippen MR) is 69.6 cm³/mol. The first-order chi connectivity index (χ1) is 7.72. The minimum atomic E-state index is 0.932. The Balaban J connectivity index is 2.76. The van der Waals surface area contributed by atoms with Crippen LogP contribution < -0.4 is 0 Å². The van der Waals surface area contributed by atoms with Crippen LogP contribution in [0.1, 0.15) is 11.3 Å². The van der Waals surface area contributed by atoms with E-state index in [1.807, 2.05) is 19.9 Å². The molecule has 1 aromatic carbocycles. The molecule has 0 radical (unpaired) electrons. The van der Waals surface area contributed by atoms with E-state index in [2.05, 4.69) is 34.8 Å². The first-order valence-corrected chi connectivity index (χ1v) is 5.24. The van der Waals surface area contributed by atoms with Crippen molar-refractivity contribution in [2.75, 3.05) is 0 Å². The summed E-state index contributed by atoms with van der Waals surface area (Å²) in [6.07, 6.45) is 3.37. The summed E-state index contributed by atoms with van der Waals surface area (Å²) in [5.41, 5.74) is 4.02. The van der Waals surface area contributed by atoms with Crippen molar-refractivity contribution in [1.29, 1.82) is 0 Å². The Morgan fingerprint density at radius 3 is 2.69 bits per heavy atom. The molecule has 2 aromatic rings. The molecule has 0 saturated carbocycles. The van der Waals surface area contributed by atoms with Gasteiger partial charge in [-0.05, 0) is 25.5 Å². The molecule has 0 aliphatic heterocycles. The summed E-state index contributed by atoms with van der Waals surface area (Å²) in [6, 6.07) is 8.22. The van der Waals surface area contributed by atoms with Crippen LogP contribution in [0.25, 0.3) is 10.9 Å².